The van der Waals surface area contributed by atoms with Gasteiger partial charge in [-0.2, -0.15) is 11.8 Å². The Morgan fingerprint density at radius 3 is 2.91 bits per heavy atom. The van der Waals surface area contributed by atoms with Gasteiger partial charge in [-0.1, -0.05) is 13.8 Å². The van der Waals surface area contributed by atoms with Crippen LogP contribution in [0.1, 0.15) is 32.9 Å². The molecule has 0 spiro atoms. The number of hydrogen-bond donors (Lipinski definition) is 2. The van der Waals surface area contributed by atoms with Gasteiger partial charge in [0.25, 0.3) is 0 Å². The summed E-state index contributed by atoms with van der Waals surface area (Å²) in [7, 11) is 0. The summed E-state index contributed by atoms with van der Waals surface area (Å²) in [5.74, 6) is 2.36. The number of nitrogens with zero attached hydrogens (tertiary/aromatic N) is 4. The molecule has 1 fully saturated rings. The van der Waals surface area contributed by atoms with Crippen LogP contribution in [0.3, 0.4) is 0 Å². The maximum absolute atomic E-state index is 6.06. The quantitative estimate of drug-likeness (QED) is 0.808. The van der Waals surface area contributed by atoms with Crippen molar-refractivity contribution >= 4 is 28.7 Å². The molecule has 7 nitrogen and oxygen atoms in total. The molecule has 0 aromatic carbocycles. The highest BCUT2D eigenvalue weighted by molar-refractivity contribution is 7.99. The van der Waals surface area contributed by atoms with Crippen molar-refractivity contribution in [3.8, 4) is 0 Å². The van der Waals surface area contributed by atoms with Gasteiger partial charge in [0.1, 0.15) is 18.1 Å². The topological polar surface area (TPSA) is 105 Å². The number of nitrogen functional groups attached to an aromatic ring is 1. The van der Waals surface area contributed by atoms with Crippen LogP contribution in [0.15, 0.2) is 12.7 Å². The Kier molecular flexibility index (Phi) is 6.41. The summed E-state index contributed by atoms with van der Waals surface area (Å²) >= 11 is 1.84. The zero-order chi connectivity index (χ0) is 15.9. The van der Waals surface area contributed by atoms with Gasteiger partial charge in [0.05, 0.1) is 12.4 Å². The van der Waals surface area contributed by atoms with E-state index in [1.165, 1.54) is 6.33 Å². The van der Waals surface area contributed by atoms with Gasteiger partial charge >= 0.3 is 0 Å². The van der Waals surface area contributed by atoms with Crippen LogP contribution in [-0.4, -0.2) is 43.7 Å². The van der Waals surface area contributed by atoms with E-state index in [9.17, 15) is 0 Å². The van der Waals surface area contributed by atoms with E-state index < -0.39 is 0 Å². The molecule has 2 aromatic rings. The maximum Gasteiger partial charge on any atom is 0.167 e. The SMILES string of the molecule is CC.NCCSCC1CCC(n2cnc3c(N)ncnc32)O1. The summed E-state index contributed by atoms with van der Waals surface area (Å²) in [6.45, 7) is 4.71. The van der Waals surface area contributed by atoms with Gasteiger partial charge in [-0.25, -0.2) is 15.0 Å². The lowest BCUT2D eigenvalue weighted by atomic mass is 10.2. The standard InChI is InChI=1S/C12H18N6OS.C2H6/c13-3-4-20-5-8-1-2-9(19-8)18-7-17-10-11(14)15-6-16-12(10)18;1-2/h6-9H,1-5,13H2,(H2,14,15,16);1-2H3. The van der Waals surface area contributed by atoms with Gasteiger partial charge in [-0.3, -0.25) is 4.57 Å². The Morgan fingerprint density at radius 2 is 2.14 bits per heavy atom. The van der Waals surface area contributed by atoms with Gasteiger partial charge in [0.2, 0.25) is 0 Å². The minimum Gasteiger partial charge on any atom is -0.382 e. The molecule has 0 saturated carbocycles. The van der Waals surface area contributed by atoms with E-state index in [1.807, 2.05) is 30.2 Å². The third-order valence-corrected chi connectivity index (χ3v) is 4.48. The first-order valence-electron chi connectivity index (χ1n) is 7.66. The molecule has 2 unspecified atom stereocenters. The van der Waals surface area contributed by atoms with Crippen molar-refractivity contribution < 1.29 is 4.74 Å². The smallest absolute Gasteiger partial charge is 0.167 e. The number of imidazole rings is 1. The van der Waals surface area contributed by atoms with E-state index in [-0.39, 0.29) is 12.3 Å². The van der Waals surface area contributed by atoms with Gasteiger partial charge < -0.3 is 16.2 Å². The van der Waals surface area contributed by atoms with Gasteiger partial charge in [0.15, 0.2) is 11.5 Å². The molecular formula is C14H24N6OS. The molecule has 0 bridgehead atoms. The fourth-order valence-corrected chi connectivity index (χ4v) is 3.23. The Hall–Kier alpha value is -1.38. The van der Waals surface area contributed by atoms with Crippen LogP contribution in [0.25, 0.3) is 11.2 Å². The van der Waals surface area contributed by atoms with Crippen molar-refractivity contribution in [2.45, 2.75) is 39.0 Å². The van der Waals surface area contributed by atoms with Crippen molar-refractivity contribution in [2.24, 2.45) is 5.73 Å². The van der Waals surface area contributed by atoms with Crippen molar-refractivity contribution in [1.82, 2.24) is 19.5 Å². The van der Waals surface area contributed by atoms with Gasteiger partial charge in [-0.05, 0) is 12.8 Å². The summed E-state index contributed by atoms with van der Waals surface area (Å²) in [5, 5.41) is 0. The molecule has 1 saturated heterocycles. The Balaban J connectivity index is 0.000000847. The molecule has 1 aliphatic heterocycles. The van der Waals surface area contributed by atoms with E-state index >= 15 is 0 Å². The highest BCUT2D eigenvalue weighted by Gasteiger charge is 2.28. The Bertz CT molecular complexity index is 590. The number of thioether (sulfide) groups is 1. The first kappa shape index (κ1) is 17.0. The lowest BCUT2D eigenvalue weighted by molar-refractivity contribution is 0.0153. The third-order valence-electron chi connectivity index (χ3n) is 3.35. The second-order valence-corrected chi connectivity index (χ2v) is 5.89. The molecule has 22 heavy (non-hydrogen) atoms. The maximum atomic E-state index is 6.06. The fraction of sp³-hybridized carbons (Fsp3) is 0.643. The number of aromatic nitrogens is 4. The number of hydrogen-bond acceptors (Lipinski definition) is 7. The molecule has 3 rings (SSSR count). The van der Waals surface area contributed by atoms with Crippen LogP contribution >= 0.6 is 11.8 Å². The van der Waals surface area contributed by atoms with E-state index in [1.54, 1.807) is 6.33 Å². The van der Waals surface area contributed by atoms with Gasteiger partial charge in [-0.15, -0.1) is 0 Å². The predicted molar refractivity (Wildman–Crippen MR) is 90.6 cm³/mol. The zero-order valence-electron chi connectivity index (χ0n) is 13.1. The summed E-state index contributed by atoms with van der Waals surface area (Å²) < 4.78 is 8.01. The summed E-state index contributed by atoms with van der Waals surface area (Å²) in [6.07, 6.45) is 5.45. The highest BCUT2D eigenvalue weighted by Crippen LogP contribution is 2.32. The first-order chi connectivity index (χ1) is 10.8. The lowest BCUT2D eigenvalue weighted by Crippen LogP contribution is -2.14. The van der Waals surface area contributed by atoms with Crippen LogP contribution in [0.4, 0.5) is 5.82 Å². The average Bonchev–Trinajstić information content (AvgIpc) is 3.17. The summed E-state index contributed by atoms with van der Waals surface area (Å²) in [5.41, 5.74) is 12.7. The first-order valence-corrected chi connectivity index (χ1v) is 8.81. The molecular weight excluding hydrogens is 300 g/mol. The van der Waals surface area contributed by atoms with Gasteiger partial charge in [0, 0.05) is 18.1 Å². The third kappa shape index (κ3) is 3.68. The average molecular weight is 324 g/mol. The Labute approximate surface area is 134 Å². The van der Waals surface area contributed by atoms with Crippen molar-refractivity contribution in [3.05, 3.63) is 12.7 Å². The van der Waals surface area contributed by atoms with Crippen molar-refractivity contribution in [2.75, 3.05) is 23.8 Å². The number of nitrogens with two attached hydrogens (primary N) is 2. The molecule has 0 radical (unpaired) electrons. The molecule has 2 aromatic heterocycles. The van der Waals surface area contributed by atoms with E-state index in [0.29, 0.717) is 17.9 Å². The molecule has 0 aliphatic carbocycles. The van der Waals surface area contributed by atoms with Crippen LogP contribution in [0.5, 0.6) is 0 Å². The van der Waals surface area contributed by atoms with Crippen LogP contribution < -0.4 is 11.5 Å². The number of rotatable bonds is 5. The monoisotopic (exact) mass is 324 g/mol. The normalized spacial score (nSPS) is 20.9. The van der Waals surface area contributed by atoms with Crippen LogP contribution in [0.2, 0.25) is 0 Å². The minimum absolute atomic E-state index is 0.0159. The number of fused-ring (bicyclic) bond motifs is 1. The second kappa shape index (κ2) is 8.30. The van der Waals surface area contributed by atoms with Crippen LogP contribution in [0, 0.1) is 0 Å². The molecule has 2 atom stereocenters. The summed E-state index contributed by atoms with van der Waals surface area (Å²) in [6, 6.07) is 0. The number of ether oxygens (including phenoxy) is 1. The fourth-order valence-electron chi connectivity index (χ4n) is 2.39. The van der Waals surface area contributed by atoms with Crippen LogP contribution in [-0.2, 0) is 4.74 Å². The van der Waals surface area contributed by atoms with E-state index in [0.717, 1.165) is 30.0 Å². The zero-order valence-corrected chi connectivity index (χ0v) is 13.9. The second-order valence-electron chi connectivity index (χ2n) is 4.74. The van der Waals surface area contributed by atoms with Crippen molar-refractivity contribution in [3.63, 3.8) is 0 Å². The molecule has 0 amide bonds. The highest BCUT2D eigenvalue weighted by atomic mass is 32.2. The Morgan fingerprint density at radius 1 is 1.32 bits per heavy atom. The molecule has 122 valence electrons. The largest absolute Gasteiger partial charge is 0.382 e. The van der Waals surface area contributed by atoms with Crippen molar-refractivity contribution in [1.29, 1.82) is 0 Å². The summed E-state index contributed by atoms with van der Waals surface area (Å²) in [4.78, 5) is 12.5. The predicted octanol–water partition coefficient (Wildman–Crippen LogP) is 1.80. The minimum atomic E-state index is -0.0159. The van der Waals surface area contributed by atoms with E-state index in [2.05, 4.69) is 15.0 Å². The molecule has 3 heterocycles. The molecule has 1 aliphatic rings. The molecule has 4 N–H and O–H groups in total. The number of anilines is 1. The lowest BCUT2D eigenvalue weighted by Gasteiger charge is -2.14. The van der Waals surface area contributed by atoms with E-state index in [4.69, 9.17) is 16.2 Å². The molecule has 8 heteroatoms.